The van der Waals surface area contributed by atoms with Crippen molar-refractivity contribution in [3.05, 3.63) is 54.2 Å². The van der Waals surface area contributed by atoms with E-state index >= 15 is 0 Å². The zero-order chi connectivity index (χ0) is 24.3. The van der Waals surface area contributed by atoms with Crippen LogP contribution >= 0.6 is 0 Å². The number of H-pyrrole nitrogens is 1. The van der Waals surface area contributed by atoms with E-state index in [-0.39, 0.29) is 0 Å². The first-order valence-electron chi connectivity index (χ1n) is 12.0. The van der Waals surface area contributed by atoms with Gasteiger partial charge >= 0.3 is 0 Å². The summed E-state index contributed by atoms with van der Waals surface area (Å²) in [7, 11) is 0. The van der Waals surface area contributed by atoms with Gasteiger partial charge in [-0.1, -0.05) is 6.07 Å². The minimum Gasteiger partial charge on any atom is -0.493 e. The van der Waals surface area contributed by atoms with E-state index in [0.29, 0.717) is 35.1 Å². The topological polar surface area (TPSA) is 123 Å². The zero-order valence-corrected chi connectivity index (χ0v) is 19.9. The minimum absolute atomic E-state index is 0.495. The van der Waals surface area contributed by atoms with Crippen molar-refractivity contribution in [1.29, 1.82) is 0 Å². The molecule has 178 valence electrons. The molecule has 1 aliphatic carbocycles. The summed E-state index contributed by atoms with van der Waals surface area (Å²) in [6.45, 7) is 4.35. The Morgan fingerprint density at radius 1 is 0.971 bits per heavy atom. The van der Waals surface area contributed by atoms with Crippen LogP contribution in [0.4, 0.5) is 11.4 Å². The molecule has 35 heavy (non-hydrogen) atoms. The number of benzene rings is 3. The number of hydrogen-bond donors (Lipinski definition) is 4. The van der Waals surface area contributed by atoms with E-state index in [1.165, 1.54) is 12.8 Å². The second-order valence-electron chi connectivity index (χ2n) is 10.3. The van der Waals surface area contributed by atoms with Crippen molar-refractivity contribution in [3.8, 4) is 17.1 Å². The first-order chi connectivity index (χ1) is 16.8. The largest absolute Gasteiger partial charge is 0.493 e. The summed E-state index contributed by atoms with van der Waals surface area (Å²) in [5.74, 6) is 2.02. The van der Waals surface area contributed by atoms with Crippen molar-refractivity contribution >= 4 is 44.1 Å². The molecule has 0 aliphatic heterocycles. The summed E-state index contributed by atoms with van der Waals surface area (Å²) >= 11 is 0. The fourth-order valence-corrected chi connectivity index (χ4v) is 4.72. The molecule has 0 atom stereocenters. The Bertz CT molecular complexity index is 1570. The number of nitrogen functional groups attached to an aromatic ring is 2. The van der Waals surface area contributed by atoms with E-state index in [2.05, 4.69) is 11.1 Å². The Morgan fingerprint density at radius 3 is 2.34 bits per heavy atom. The van der Waals surface area contributed by atoms with Gasteiger partial charge in [0, 0.05) is 39.6 Å². The number of hydrogen-bond acceptors (Lipinski definition) is 6. The Hall–Kier alpha value is -3.84. The molecular formula is C28H29N5O2. The van der Waals surface area contributed by atoms with Gasteiger partial charge in [0.05, 0.1) is 28.8 Å². The van der Waals surface area contributed by atoms with Gasteiger partial charge in [-0.05, 0) is 75.1 Å². The third-order valence-electron chi connectivity index (χ3n) is 6.59. The molecule has 0 spiro atoms. The summed E-state index contributed by atoms with van der Waals surface area (Å²) in [5, 5.41) is 13.3. The molecule has 6 N–H and O–H groups in total. The van der Waals surface area contributed by atoms with Crippen LogP contribution in [0.1, 0.15) is 32.4 Å². The average molecular weight is 468 g/mol. The predicted molar refractivity (Wildman–Crippen MR) is 141 cm³/mol. The Balaban J connectivity index is 1.61. The number of nitrogens with one attached hydrogen (secondary N) is 1. The maximum atomic E-state index is 10.4. The van der Waals surface area contributed by atoms with E-state index in [0.717, 1.165) is 50.8 Å². The molecule has 5 aromatic rings. The molecule has 3 aromatic carbocycles. The lowest BCUT2D eigenvalue weighted by Gasteiger charge is -2.18. The number of anilines is 2. The standard InChI is InChI=1S/C28H29N5O2/c1-28(2,34)13-16-8-10-19-24(31-16)20-12-17(35-14-15-6-7-15)9-11-18(20)25-26(19)33-27(32-25)23-21(29)4-3-5-22(23)30/h3-5,8-12,15,31,34H,6-7,13-14,29-30H2,1-2H3. The van der Waals surface area contributed by atoms with E-state index in [4.69, 9.17) is 26.2 Å². The molecule has 0 saturated heterocycles. The number of aromatic amines is 1. The average Bonchev–Trinajstić information content (AvgIpc) is 3.53. The summed E-state index contributed by atoms with van der Waals surface area (Å²) in [6.07, 6.45) is 2.97. The number of aliphatic hydroxyl groups is 1. The van der Waals surface area contributed by atoms with Crippen LogP contribution in [0.3, 0.4) is 0 Å². The van der Waals surface area contributed by atoms with Gasteiger partial charge in [0.25, 0.3) is 0 Å². The van der Waals surface area contributed by atoms with Gasteiger partial charge in [0.2, 0.25) is 0 Å². The van der Waals surface area contributed by atoms with Crippen LogP contribution in [0.2, 0.25) is 0 Å². The van der Waals surface area contributed by atoms with E-state index in [1.807, 2.05) is 42.5 Å². The van der Waals surface area contributed by atoms with Crippen LogP contribution in [-0.4, -0.2) is 32.3 Å². The van der Waals surface area contributed by atoms with Crippen LogP contribution in [0.25, 0.3) is 44.1 Å². The minimum atomic E-state index is -0.835. The zero-order valence-electron chi connectivity index (χ0n) is 19.9. The van der Waals surface area contributed by atoms with Crippen molar-refractivity contribution in [2.24, 2.45) is 5.92 Å². The molecule has 7 nitrogen and oxygen atoms in total. The molecule has 7 heteroatoms. The highest BCUT2D eigenvalue weighted by atomic mass is 16.5. The van der Waals surface area contributed by atoms with Crippen molar-refractivity contribution in [2.75, 3.05) is 18.1 Å². The molecule has 6 rings (SSSR count). The Morgan fingerprint density at radius 2 is 1.66 bits per heavy atom. The molecule has 2 heterocycles. The van der Waals surface area contributed by atoms with Crippen LogP contribution in [0.5, 0.6) is 5.75 Å². The molecular weight excluding hydrogens is 438 g/mol. The van der Waals surface area contributed by atoms with Crippen LogP contribution in [-0.2, 0) is 6.42 Å². The molecule has 1 fully saturated rings. The van der Waals surface area contributed by atoms with Crippen LogP contribution in [0.15, 0.2) is 48.5 Å². The van der Waals surface area contributed by atoms with Crippen LogP contribution in [0, 0.1) is 5.92 Å². The fraction of sp³-hybridized carbons (Fsp3) is 0.286. The maximum absolute atomic E-state index is 10.4. The first kappa shape index (κ1) is 21.7. The number of ether oxygens (including phenoxy) is 1. The predicted octanol–water partition coefficient (Wildman–Crippen LogP) is 5.20. The third kappa shape index (κ3) is 4.02. The smallest absolute Gasteiger partial charge is 0.164 e. The second kappa shape index (κ2) is 7.85. The summed E-state index contributed by atoms with van der Waals surface area (Å²) < 4.78 is 6.09. The number of nitrogens with zero attached hydrogens (tertiary/aromatic N) is 2. The highest BCUT2D eigenvalue weighted by Crippen LogP contribution is 2.39. The molecule has 0 amide bonds. The van der Waals surface area contributed by atoms with Crippen molar-refractivity contribution < 1.29 is 9.84 Å². The summed E-state index contributed by atoms with van der Waals surface area (Å²) in [5.41, 5.74) is 16.9. The van der Waals surface area contributed by atoms with Gasteiger partial charge in [-0.3, -0.25) is 0 Å². The molecule has 1 aliphatic rings. The lowest BCUT2D eigenvalue weighted by atomic mass is 9.99. The van der Waals surface area contributed by atoms with Crippen molar-refractivity contribution in [1.82, 2.24) is 15.0 Å². The number of nitrogens with two attached hydrogens (primary N) is 2. The number of imidazole rings is 1. The normalized spacial score (nSPS) is 14.3. The quantitative estimate of drug-likeness (QED) is 0.201. The Labute approximate surface area is 203 Å². The van der Waals surface area contributed by atoms with Crippen molar-refractivity contribution in [3.63, 3.8) is 0 Å². The van der Waals surface area contributed by atoms with E-state index in [1.54, 1.807) is 13.8 Å². The molecule has 2 aromatic heterocycles. The monoisotopic (exact) mass is 467 g/mol. The highest BCUT2D eigenvalue weighted by molar-refractivity contribution is 6.22. The van der Waals surface area contributed by atoms with Gasteiger partial charge in [-0.15, -0.1) is 0 Å². The summed E-state index contributed by atoms with van der Waals surface area (Å²) in [4.78, 5) is 13.4. The van der Waals surface area contributed by atoms with E-state index in [9.17, 15) is 5.11 Å². The van der Waals surface area contributed by atoms with Crippen LogP contribution < -0.4 is 16.2 Å². The van der Waals surface area contributed by atoms with Crippen molar-refractivity contribution in [2.45, 2.75) is 38.7 Å². The number of fused-ring (bicyclic) bond motifs is 6. The Kier molecular flexibility index (Phi) is 4.86. The number of aromatic nitrogens is 3. The lowest BCUT2D eigenvalue weighted by molar-refractivity contribution is 0.0800. The van der Waals surface area contributed by atoms with Gasteiger partial charge in [0.1, 0.15) is 11.3 Å². The first-order valence-corrected chi connectivity index (χ1v) is 12.0. The molecule has 0 unspecified atom stereocenters. The number of rotatable bonds is 6. The summed E-state index contributed by atoms with van der Waals surface area (Å²) in [6, 6.07) is 15.6. The highest BCUT2D eigenvalue weighted by Gasteiger charge is 2.23. The molecule has 0 radical (unpaired) electrons. The fourth-order valence-electron chi connectivity index (χ4n) is 4.72. The SMILES string of the molecule is CC(C)(O)Cc1ccc2c3nc(-c4c(N)cccc4N)nc3c3ccc(OCC4CC4)cc3c2[nH]1. The second-order valence-corrected chi connectivity index (χ2v) is 10.3. The third-order valence-corrected chi connectivity index (χ3v) is 6.59. The number of pyridine rings is 1. The maximum Gasteiger partial charge on any atom is 0.164 e. The van der Waals surface area contributed by atoms with Gasteiger partial charge < -0.3 is 26.3 Å². The van der Waals surface area contributed by atoms with E-state index < -0.39 is 5.60 Å². The van der Waals surface area contributed by atoms with Gasteiger partial charge in [-0.2, -0.15) is 0 Å². The lowest BCUT2D eigenvalue weighted by Crippen LogP contribution is -2.22. The van der Waals surface area contributed by atoms with Gasteiger partial charge in [0.15, 0.2) is 5.82 Å². The molecule has 0 bridgehead atoms. The molecule has 1 saturated carbocycles. The van der Waals surface area contributed by atoms with Gasteiger partial charge in [-0.25, -0.2) is 9.97 Å².